The molecular weight excluding hydrogens is 310 g/mol. The first-order chi connectivity index (χ1) is 9.69. The van der Waals surface area contributed by atoms with Gasteiger partial charge in [0.05, 0.1) is 10.5 Å². The van der Waals surface area contributed by atoms with Gasteiger partial charge in [-0.05, 0) is 38.8 Å². The molecule has 1 saturated heterocycles. The molecule has 6 heteroatoms. The van der Waals surface area contributed by atoms with Gasteiger partial charge in [-0.2, -0.15) is 0 Å². The molecule has 0 spiro atoms. The smallest absolute Gasteiger partial charge is 0.175 e. The molecule has 1 aromatic rings. The molecule has 1 heterocycles. The molecule has 21 heavy (non-hydrogen) atoms. The largest absolute Gasteiger partial charge is 0.375 e. The van der Waals surface area contributed by atoms with Crippen molar-refractivity contribution < 1.29 is 13.2 Å². The van der Waals surface area contributed by atoms with Crippen molar-refractivity contribution in [2.75, 3.05) is 12.9 Å². The molecule has 1 aliphatic heterocycles. The third kappa shape index (κ3) is 4.42. The van der Waals surface area contributed by atoms with Crippen molar-refractivity contribution in [2.45, 2.75) is 49.8 Å². The summed E-state index contributed by atoms with van der Waals surface area (Å²) in [4.78, 5) is 0.300. The fourth-order valence-electron chi connectivity index (χ4n) is 2.71. The van der Waals surface area contributed by atoms with Gasteiger partial charge in [0.2, 0.25) is 0 Å². The first-order valence-corrected chi connectivity index (χ1v) is 9.31. The Bertz CT molecular complexity index is 613. The zero-order chi connectivity index (χ0) is 15.7. The van der Waals surface area contributed by atoms with Crippen molar-refractivity contribution in [3.63, 3.8) is 0 Å². The molecule has 0 bridgehead atoms. The molecule has 1 unspecified atom stereocenters. The van der Waals surface area contributed by atoms with Crippen molar-refractivity contribution in [3.05, 3.63) is 28.8 Å². The lowest BCUT2D eigenvalue weighted by atomic mass is 9.94. The van der Waals surface area contributed by atoms with Gasteiger partial charge in [0.25, 0.3) is 0 Å². The van der Waals surface area contributed by atoms with Gasteiger partial charge in [0.15, 0.2) is 9.84 Å². The van der Waals surface area contributed by atoms with Gasteiger partial charge >= 0.3 is 0 Å². The lowest BCUT2D eigenvalue weighted by molar-refractivity contribution is -0.0630. The predicted molar refractivity (Wildman–Crippen MR) is 84.5 cm³/mol. The molecule has 4 nitrogen and oxygen atoms in total. The first kappa shape index (κ1) is 16.7. The second-order valence-electron chi connectivity index (χ2n) is 6.17. The zero-order valence-electron chi connectivity index (χ0n) is 12.6. The van der Waals surface area contributed by atoms with E-state index in [0.717, 1.165) is 12.8 Å². The molecule has 1 N–H and O–H groups in total. The highest BCUT2D eigenvalue weighted by molar-refractivity contribution is 7.90. The number of sulfone groups is 1. The van der Waals surface area contributed by atoms with Gasteiger partial charge in [-0.15, -0.1) is 0 Å². The van der Waals surface area contributed by atoms with Crippen LogP contribution in [0.5, 0.6) is 0 Å². The van der Waals surface area contributed by atoms with Crippen LogP contribution in [-0.4, -0.2) is 32.9 Å². The lowest BCUT2D eigenvalue weighted by Gasteiger charge is -2.36. The Morgan fingerprint density at radius 3 is 2.76 bits per heavy atom. The van der Waals surface area contributed by atoms with Crippen molar-refractivity contribution in [2.24, 2.45) is 0 Å². The molecule has 0 saturated carbocycles. The molecule has 1 atom stereocenters. The average Bonchev–Trinajstić information content (AvgIpc) is 2.34. The summed E-state index contributed by atoms with van der Waals surface area (Å²) in [5, 5.41) is 3.90. The number of benzene rings is 1. The molecular formula is C15H22ClNO3S. The maximum atomic E-state index is 11.9. The minimum atomic E-state index is -3.28. The summed E-state index contributed by atoms with van der Waals surface area (Å²) < 4.78 is 29.4. The number of ether oxygens (including phenoxy) is 1. The Kier molecular flexibility index (Phi) is 4.98. The maximum absolute atomic E-state index is 11.9. The molecule has 118 valence electrons. The van der Waals surface area contributed by atoms with Gasteiger partial charge in [-0.3, -0.25) is 0 Å². The van der Waals surface area contributed by atoms with Crippen molar-refractivity contribution in [3.8, 4) is 0 Å². The second kappa shape index (κ2) is 6.24. The van der Waals surface area contributed by atoms with E-state index >= 15 is 0 Å². The Balaban J connectivity index is 2.14. The van der Waals surface area contributed by atoms with Crippen LogP contribution >= 0.6 is 11.6 Å². The Hall–Kier alpha value is -0.620. The maximum Gasteiger partial charge on any atom is 0.175 e. The molecule has 0 aromatic heterocycles. The monoisotopic (exact) mass is 331 g/mol. The second-order valence-corrected chi connectivity index (χ2v) is 8.56. The first-order valence-electron chi connectivity index (χ1n) is 7.04. The normalized spacial score (nSPS) is 22.2. The van der Waals surface area contributed by atoms with Gasteiger partial charge in [0, 0.05) is 36.0 Å². The lowest BCUT2D eigenvalue weighted by Crippen LogP contribution is -2.43. The summed E-state index contributed by atoms with van der Waals surface area (Å²) in [6.45, 7) is 5.30. The van der Waals surface area contributed by atoms with Crippen LogP contribution < -0.4 is 5.32 Å². The van der Waals surface area contributed by atoms with Gasteiger partial charge in [-0.1, -0.05) is 17.7 Å². The Morgan fingerprint density at radius 2 is 2.14 bits per heavy atom. The minimum Gasteiger partial charge on any atom is -0.375 e. The van der Waals surface area contributed by atoms with Crippen LogP contribution in [0.1, 0.15) is 32.3 Å². The quantitative estimate of drug-likeness (QED) is 0.921. The van der Waals surface area contributed by atoms with E-state index in [-0.39, 0.29) is 5.60 Å². The average molecular weight is 332 g/mol. The fraction of sp³-hybridized carbons (Fsp3) is 0.600. The minimum absolute atomic E-state index is 0.143. The van der Waals surface area contributed by atoms with Crippen molar-refractivity contribution in [1.29, 1.82) is 0 Å². The van der Waals surface area contributed by atoms with Crippen LogP contribution in [0.4, 0.5) is 0 Å². The molecule has 1 fully saturated rings. The number of nitrogens with one attached hydrogen (secondary N) is 1. The summed E-state index contributed by atoms with van der Waals surface area (Å²) in [5.74, 6) is 0. The van der Waals surface area contributed by atoms with Crippen LogP contribution in [0, 0.1) is 0 Å². The number of rotatable bonds is 4. The number of halogens is 1. The van der Waals surface area contributed by atoms with Crippen molar-refractivity contribution in [1.82, 2.24) is 5.32 Å². The van der Waals surface area contributed by atoms with Gasteiger partial charge in [0.1, 0.15) is 0 Å². The highest BCUT2D eigenvalue weighted by Gasteiger charge is 2.28. The topological polar surface area (TPSA) is 55.4 Å². The van der Waals surface area contributed by atoms with E-state index in [0.29, 0.717) is 34.7 Å². The van der Waals surface area contributed by atoms with E-state index in [1.54, 1.807) is 18.2 Å². The molecule has 1 aromatic carbocycles. The summed E-state index contributed by atoms with van der Waals surface area (Å²) >= 11 is 6.18. The number of hydrogen-bond acceptors (Lipinski definition) is 4. The molecule has 0 radical (unpaired) electrons. The van der Waals surface area contributed by atoms with Crippen LogP contribution in [0.3, 0.4) is 0 Å². The van der Waals surface area contributed by atoms with Crippen molar-refractivity contribution >= 4 is 21.4 Å². The summed E-state index contributed by atoms with van der Waals surface area (Å²) in [7, 11) is -3.28. The van der Waals surface area contributed by atoms with Crippen LogP contribution in [0.2, 0.25) is 5.02 Å². The Morgan fingerprint density at radius 1 is 1.43 bits per heavy atom. The van der Waals surface area contributed by atoms with Gasteiger partial charge < -0.3 is 10.1 Å². The molecule has 2 rings (SSSR count). The molecule has 1 aliphatic rings. The standard InChI is InChI=1S/C15H22ClNO3S/c1-15(2)9-11(7-8-20-15)17-10-12-13(16)5-4-6-14(12)21(3,18)19/h4-6,11,17H,7-10H2,1-3H3. The summed E-state index contributed by atoms with van der Waals surface area (Å²) in [6, 6.07) is 5.30. The van der Waals surface area contributed by atoms with E-state index in [1.165, 1.54) is 6.26 Å². The highest BCUT2D eigenvalue weighted by atomic mass is 35.5. The SMILES string of the molecule is CC1(C)CC(NCc2c(Cl)cccc2S(C)(=O)=O)CCO1. The van der Waals surface area contributed by atoms with E-state index < -0.39 is 9.84 Å². The fourth-order valence-corrected chi connectivity index (χ4v) is 3.96. The molecule has 0 aliphatic carbocycles. The third-order valence-corrected chi connectivity index (χ3v) is 5.28. The van der Waals surface area contributed by atoms with E-state index in [2.05, 4.69) is 19.2 Å². The van der Waals surface area contributed by atoms with Crippen LogP contribution in [0.25, 0.3) is 0 Å². The highest BCUT2D eigenvalue weighted by Crippen LogP contribution is 2.27. The van der Waals surface area contributed by atoms with Crippen LogP contribution in [-0.2, 0) is 21.1 Å². The third-order valence-electron chi connectivity index (χ3n) is 3.74. The van der Waals surface area contributed by atoms with E-state index in [4.69, 9.17) is 16.3 Å². The summed E-state index contributed by atoms with van der Waals surface area (Å²) in [6.07, 6.45) is 3.02. The Labute approximate surface area is 131 Å². The summed E-state index contributed by atoms with van der Waals surface area (Å²) in [5.41, 5.74) is 0.502. The van der Waals surface area contributed by atoms with E-state index in [1.807, 2.05) is 0 Å². The van der Waals surface area contributed by atoms with Crippen LogP contribution in [0.15, 0.2) is 23.1 Å². The van der Waals surface area contributed by atoms with Gasteiger partial charge in [-0.25, -0.2) is 8.42 Å². The van der Waals surface area contributed by atoms with E-state index in [9.17, 15) is 8.42 Å². The predicted octanol–water partition coefficient (Wildman–Crippen LogP) is 2.79. The zero-order valence-corrected chi connectivity index (χ0v) is 14.2. The number of hydrogen-bond donors (Lipinski definition) is 1. The molecule has 0 amide bonds.